The number of rotatable bonds is 3. The minimum absolute atomic E-state index is 0.134. The molecule has 1 aromatic carbocycles. The van der Waals surface area contributed by atoms with Crippen molar-refractivity contribution in [3.63, 3.8) is 0 Å². The Morgan fingerprint density at radius 3 is 2.62 bits per heavy atom. The molecular formula is C19H21N3O4. The number of aromatic nitrogens is 3. The van der Waals surface area contributed by atoms with Crippen molar-refractivity contribution in [1.82, 2.24) is 14.1 Å². The van der Waals surface area contributed by atoms with E-state index in [1.54, 1.807) is 45.4 Å². The first-order valence-corrected chi connectivity index (χ1v) is 8.21. The molecule has 0 saturated carbocycles. The summed E-state index contributed by atoms with van der Waals surface area (Å²) in [5, 5.41) is 0.785. The first-order valence-electron chi connectivity index (χ1n) is 8.21. The van der Waals surface area contributed by atoms with Crippen LogP contribution in [0, 0.1) is 0 Å². The number of fused-ring (bicyclic) bond motifs is 1. The van der Waals surface area contributed by atoms with Crippen molar-refractivity contribution < 1.29 is 19.1 Å². The molecule has 0 spiro atoms. The normalized spacial score (nSPS) is 11.5. The molecule has 2 heterocycles. The van der Waals surface area contributed by atoms with E-state index in [9.17, 15) is 9.59 Å². The van der Waals surface area contributed by atoms with Crippen LogP contribution in [0.2, 0.25) is 0 Å². The Hall–Kier alpha value is -3.09. The molecule has 0 radical (unpaired) electrons. The standard InChI is InChI=1S/C19H21N3O4/c1-19(2,3)26-18(24)22-15-7-5-6-13(11-21-9-8-20-12-21)14(15)10-16(22)17(23)25-4/h5-10,12H,11H2,1-4H3. The Labute approximate surface area is 151 Å². The average molecular weight is 355 g/mol. The molecule has 3 aromatic rings. The number of esters is 1. The predicted molar refractivity (Wildman–Crippen MR) is 96.2 cm³/mol. The second kappa shape index (κ2) is 6.67. The summed E-state index contributed by atoms with van der Waals surface area (Å²) in [5.74, 6) is -0.597. The molecule has 0 N–H and O–H groups in total. The van der Waals surface area contributed by atoms with Gasteiger partial charge in [-0.2, -0.15) is 0 Å². The van der Waals surface area contributed by atoms with Gasteiger partial charge in [-0.1, -0.05) is 12.1 Å². The highest BCUT2D eigenvalue weighted by Crippen LogP contribution is 2.26. The van der Waals surface area contributed by atoms with Gasteiger partial charge in [-0.3, -0.25) is 0 Å². The van der Waals surface area contributed by atoms with Gasteiger partial charge in [0.1, 0.15) is 11.3 Å². The fraction of sp³-hybridized carbons (Fsp3) is 0.316. The second-order valence-electron chi connectivity index (χ2n) is 6.92. The van der Waals surface area contributed by atoms with Gasteiger partial charge in [0.15, 0.2) is 0 Å². The van der Waals surface area contributed by atoms with Crippen molar-refractivity contribution in [1.29, 1.82) is 0 Å². The fourth-order valence-electron chi connectivity index (χ4n) is 2.77. The molecule has 3 rings (SSSR count). The van der Waals surface area contributed by atoms with E-state index in [1.165, 1.54) is 11.7 Å². The molecule has 0 bridgehead atoms. The topological polar surface area (TPSA) is 75.4 Å². The van der Waals surface area contributed by atoms with Crippen LogP contribution in [0.4, 0.5) is 4.79 Å². The van der Waals surface area contributed by atoms with E-state index in [4.69, 9.17) is 9.47 Å². The summed E-state index contributed by atoms with van der Waals surface area (Å²) < 4.78 is 13.5. The highest BCUT2D eigenvalue weighted by molar-refractivity contribution is 6.02. The number of nitrogens with zero attached hydrogens (tertiary/aromatic N) is 3. The molecule has 2 aromatic heterocycles. The molecule has 0 aliphatic carbocycles. The van der Waals surface area contributed by atoms with E-state index in [1.807, 2.05) is 22.9 Å². The van der Waals surface area contributed by atoms with E-state index in [0.29, 0.717) is 12.1 Å². The lowest BCUT2D eigenvalue weighted by Crippen LogP contribution is -2.29. The molecule has 7 heteroatoms. The first kappa shape index (κ1) is 17.7. The molecule has 0 unspecified atom stereocenters. The highest BCUT2D eigenvalue weighted by atomic mass is 16.6. The van der Waals surface area contributed by atoms with E-state index in [-0.39, 0.29) is 5.69 Å². The van der Waals surface area contributed by atoms with Gasteiger partial charge < -0.3 is 14.0 Å². The van der Waals surface area contributed by atoms with Gasteiger partial charge in [-0.05, 0) is 38.5 Å². The summed E-state index contributed by atoms with van der Waals surface area (Å²) in [6.45, 7) is 5.90. The molecule has 0 saturated heterocycles. The number of hydrogen-bond acceptors (Lipinski definition) is 5. The van der Waals surface area contributed by atoms with Crippen LogP contribution in [0.15, 0.2) is 43.0 Å². The maximum absolute atomic E-state index is 12.7. The van der Waals surface area contributed by atoms with Gasteiger partial charge in [0.25, 0.3) is 0 Å². The number of carbonyl (C=O) groups is 2. The molecule has 0 atom stereocenters. The van der Waals surface area contributed by atoms with Crippen molar-refractivity contribution in [3.8, 4) is 0 Å². The van der Waals surface area contributed by atoms with E-state index < -0.39 is 17.7 Å². The van der Waals surface area contributed by atoms with Gasteiger partial charge in [-0.25, -0.2) is 19.1 Å². The Balaban J connectivity index is 2.15. The zero-order valence-corrected chi connectivity index (χ0v) is 15.2. The number of ether oxygens (including phenoxy) is 2. The lowest BCUT2D eigenvalue weighted by Gasteiger charge is -2.20. The third-order valence-corrected chi connectivity index (χ3v) is 3.82. The SMILES string of the molecule is COC(=O)c1cc2c(Cn3ccnc3)cccc2n1C(=O)OC(C)(C)C. The van der Waals surface area contributed by atoms with Crippen molar-refractivity contribution in [2.45, 2.75) is 32.9 Å². The molecule has 0 amide bonds. The van der Waals surface area contributed by atoms with E-state index in [0.717, 1.165) is 10.9 Å². The van der Waals surface area contributed by atoms with Crippen LogP contribution in [0.5, 0.6) is 0 Å². The van der Waals surface area contributed by atoms with E-state index >= 15 is 0 Å². The number of carbonyl (C=O) groups excluding carboxylic acids is 2. The zero-order chi connectivity index (χ0) is 18.9. The van der Waals surface area contributed by atoms with Crippen LogP contribution >= 0.6 is 0 Å². The second-order valence-corrected chi connectivity index (χ2v) is 6.92. The molecule has 0 aliphatic rings. The first-order chi connectivity index (χ1) is 12.3. The molecule has 0 fully saturated rings. The Bertz CT molecular complexity index is 949. The summed E-state index contributed by atoms with van der Waals surface area (Å²) >= 11 is 0. The maximum atomic E-state index is 12.7. The zero-order valence-electron chi connectivity index (χ0n) is 15.2. The van der Waals surface area contributed by atoms with Crippen LogP contribution in [0.1, 0.15) is 36.8 Å². The Kier molecular flexibility index (Phi) is 4.54. The van der Waals surface area contributed by atoms with Crippen LogP contribution in [0.25, 0.3) is 10.9 Å². The average Bonchev–Trinajstić information content (AvgIpc) is 3.20. The van der Waals surface area contributed by atoms with Crippen LogP contribution in [0.3, 0.4) is 0 Å². The van der Waals surface area contributed by atoms with Crippen molar-refractivity contribution in [2.24, 2.45) is 0 Å². The Morgan fingerprint density at radius 1 is 1.23 bits per heavy atom. The van der Waals surface area contributed by atoms with Gasteiger partial charge in [0.2, 0.25) is 0 Å². The molecule has 7 nitrogen and oxygen atoms in total. The van der Waals surface area contributed by atoms with Crippen LogP contribution in [-0.2, 0) is 16.0 Å². The van der Waals surface area contributed by atoms with Crippen molar-refractivity contribution >= 4 is 23.0 Å². The lowest BCUT2D eigenvalue weighted by atomic mass is 10.1. The third-order valence-electron chi connectivity index (χ3n) is 3.82. The van der Waals surface area contributed by atoms with Gasteiger partial charge in [-0.15, -0.1) is 0 Å². The third kappa shape index (κ3) is 3.46. The minimum atomic E-state index is -0.685. The van der Waals surface area contributed by atoms with E-state index in [2.05, 4.69) is 4.98 Å². The predicted octanol–water partition coefficient (Wildman–Crippen LogP) is 3.46. The fourth-order valence-corrected chi connectivity index (χ4v) is 2.77. The quantitative estimate of drug-likeness (QED) is 0.673. The number of imidazole rings is 1. The van der Waals surface area contributed by atoms with Gasteiger partial charge in [0.05, 0.1) is 19.0 Å². The molecule has 0 aliphatic heterocycles. The summed E-state index contributed by atoms with van der Waals surface area (Å²) in [7, 11) is 1.28. The highest BCUT2D eigenvalue weighted by Gasteiger charge is 2.26. The molecule has 26 heavy (non-hydrogen) atoms. The largest absolute Gasteiger partial charge is 0.464 e. The summed E-state index contributed by atoms with van der Waals surface area (Å²) in [6.07, 6.45) is 4.65. The number of hydrogen-bond donors (Lipinski definition) is 0. The van der Waals surface area contributed by atoms with Crippen LogP contribution < -0.4 is 0 Å². The summed E-state index contributed by atoms with van der Waals surface area (Å²) in [5.41, 5.74) is 0.996. The number of methoxy groups -OCH3 is 1. The smallest absolute Gasteiger partial charge is 0.419 e. The maximum Gasteiger partial charge on any atom is 0.419 e. The molecular weight excluding hydrogens is 334 g/mol. The summed E-state index contributed by atoms with van der Waals surface area (Å²) in [6, 6.07) is 7.24. The van der Waals surface area contributed by atoms with Gasteiger partial charge in [0, 0.05) is 24.3 Å². The molecule has 136 valence electrons. The summed E-state index contributed by atoms with van der Waals surface area (Å²) in [4.78, 5) is 29.0. The minimum Gasteiger partial charge on any atom is -0.464 e. The monoisotopic (exact) mass is 355 g/mol. The van der Waals surface area contributed by atoms with Crippen molar-refractivity contribution in [2.75, 3.05) is 7.11 Å². The number of benzene rings is 1. The van der Waals surface area contributed by atoms with Crippen molar-refractivity contribution in [3.05, 3.63) is 54.2 Å². The Morgan fingerprint density at radius 2 is 2.00 bits per heavy atom. The lowest BCUT2D eigenvalue weighted by molar-refractivity contribution is 0.0490. The van der Waals surface area contributed by atoms with Gasteiger partial charge >= 0.3 is 12.1 Å². The van der Waals surface area contributed by atoms with Crippen LogP contribution in [-0.4, -0.2) is 38.9 Å².